The van der Waals surface area contributed by atoms with Crippen molar-refractivity contribution in [1.82, 2.24) is 4.72 Å². The molecule has 1 aromatic carbocycles. The average molecular weight is 278 g/mol. The van der Waals surface area contributed by atoms with E-state index in [-0.39, 0.29) is 16.5 Å². The zero-order valence-electron chi connectivity index (χ0n) is 9.99. The van der Waals surface area contributed by atoms with Gasteiger partial charge < -0.3 is 5.11 Å². The third-order valence-corrected chi connectivity index (χ3v) is 4.15. The molecular formula is C11H16ClNO3S. The lowest BCUT2D eigenvalue weighted by Gasteiger charge is -2.21. The first-order valence-electron chi connectivity index (χ1n) is 5.09. The molecule has 0 saturated heterocycles. The van der Waals surface area contributed by atoms with Crippen molar-refractivity contribution in [1.29, 1.82) is 0 Å². The van der Waals surface area contributed by atoms with Gasteiger partial charge in [-0.15, -0.1) is 0 Å². The molecule has 0 bridgehead atoms. The summed E-state index contributed by atoms with van der Waals surface area (Å²) >= 11 is 5.87. The summed E-state index contributed by atoms with van der Waals surface area (Å²) in [5.74, 6) is 0. The topological polar surface area (TPSA) is 66.4 Å². The van der Waals surface area contributed by atoms with Gasteiger partial charge >= 0.3 is 0 Å². The number of hydrogen-bond donors (Lipinski definition) is 2. The second-order valence-electron chi connectivity index (χ2n) is 4.78. The molecule has 96 valence electrons. The number of hydrogen-bond acceptors (Lipinski definition) is 3. The molecule has 0 aliphatic carbocycles. The van der Waals surface area contributed by atoms with Crippen LogP contribution in [0.3, 0.4) is 0 Å². The molecule has 17 heavy (non-hydrogen) atoms. The number of aliphatic hydroxyl groups is 1. The van der Waals surface area contributed by atoms with Crippen molar-refractivity contribution in [2.75, 3.05) is 0 Å². The van der Waals surface area contributed by atoms with Gasteiger partial charge in [-0.25, -0.2) is 13.1 Å². The molecule has 0 aromatic heterocycles. The summed E-state index contributed by atoms with van der Waals surface area (Å²) in [6.07, 6.45) is 0. The maximum Gasteiger partial charge on any atom is 0.242 e. The van der Waals surface area contributed by atoms with Gasteiger partial charge in [-0.1, -0.05) is 17.7 Å². The van der Waals surface area contributed by atoms with Crippen LogP contribution in [-0.4, -0.2) is 19.1 Å². The van der Waals surface area contributed by atoms with Gasteiger partial charge in [0.15, 0.2) is 0 Å². The lowest BCUT2D eigenvalue weighted by atomic mass is 10.1. The van der Waals surface area contributed by atoms with E-state index in [9.17, 15) is 8.42 Å². The molecule has 2 N–H and O–H groups in total. The van der Waals surface area contributed by atoms with E-state index in [4.69, 9.17) is 16.7 Å². The predicted octanol–water partition coefficient (Wildman–Crippen LogP) is 1.91. The third-order valence-electron chi connectivity index (χ3n) is 1.91. The monoisotopic (exact) mass is 277 g/mol. The van der Waals surface area contributed by atoms with Gasteiger partial charge in [0.2, 0.25) is 10.0 Å². The largest absolute Gasteiger partial charge is 0.392 e. The quantitative estimate of drug-likeness (QED) is 0.887. The Kier molecular flexibility index (Phi) is 4.19. The maximum absolute atomic E-state index is 12.1. The van der Waals surface area contributed by atoms with Crippen LogP contribution in [0.2, 0.25) is 5.02 Å². The van der Waals surface area contributed by atoms with Gasteiger partial charge in [-0.2, -0.15) is 0 Å². The molecule has 1 rings (SSSR count). The summed E-state index contributed by atoms with van der Waals surface area (Å²) in [5.41, 5.74) is -0.0825. The van der Waals surface area contributed by atoms with E-state index in [1.54, 1.807) is 26.8 Å². The first kappa shape index (κ1) is 14.4. The van der Waals surface area contributed by atoms with Crippen LogP contribution in [0.1, 0.15) is 26.3 Å². The number of sulfonamides is 1. The fraction of sp³-hybridized carbons (Fsp3) is 0.455. The van der Waals surface area contributed by atoms with Crippen LogP contribution < -0.4 is 4.72 Å². The second-order valence-corrected chi connectivity index (χ2v) is 6.84. The summed E-state index contributed by atoms with van der Waals surface area (Å²) in [7, 11) is -3.67. The van der Waals surface area contributed by atoms with Crippen LogP contribution in [0, 0.1) is 0 Å². The highest BCUT2D eigenvalue weighted by Gasteiger charge is 2.24. The number of halogens is 1. The molecule has 0 spiro atoms. The Bertz CT molecular complexity index is 506. The Labute approximate surface area is 107 Å². The zero-order chi connectivity index (χ0) is 13.3. The number of nitrogens with one attached hydrogen (secondary N) is 1. The molecule has 0 atom stereocenters. The zero-order valence-corrected chi connectivity index (χ0v) is 11.6. The Balaban J connectivity index is 3.23. The van der Waals surface area contributed by atoms with Crippen molar-refractivity contribution in [3.8, 4) is 0 Å². The molecule has 0 fully saturated rings. The molecule has 0 aliphatic heterocycles. The molecule has 0 amide bonds. The van der Waals surface area contributed by atoms with E-state index in [2.05, 4.69) is 4.72 Å². The minimum atomic E-state index is -3.67. The molecule has 0 heterocycles. The molecule has 0 radical (unpaired) electrons. The van der Waals surface area contributed by atoms with Gasteiger partial charge in [0.25, 0.3) is 0 Å². The Morgan fingerprint density at radius 1 is 1.35 bits per heavy atom. The summed E-state index contributed by atoms with van der Waals surface area (Å²) in [5, 5.41) is 9.13. The van der Waals surface area contributed by atoms with Crippen LogP contribution in [0.25, 0.3) is 0 Å². The summed E-state index contributed by atoms with van der Waals surface area (Å²) in [4.78, 5) is -0.0133. The average Bonchev–Trinajstić information content (AvgIpc) is 2.14. The smallest absolute Gasteiger partial charge is 0.242 e. The standard InChI is InChI=1S/C11H16ClNO3S/c1-11(2,3)13-17(15,16)10-6-8(7-14)4-5-9(10)12/h4-6,13-14H,7H2,1-3H3. The Morgan fingerprint density at radius 3 is 2.41 bits per heavy atom. The maximum atomic E-state index is 12.1. The normalized spacial score (nSPS) is 12.8. The fourth-order valence-electron chi connectivity index (χ4n) is 1.31. The third kappa shape index (κ3) is 3.96. The number of aliphatic hydroxyl groups excluding tert-OH is 1. The molecular weight excluding hydrogens is 262 g/mol. The van der Waals surface area contributed by atoms with E-state index in [1.165, 1.54) is 12.1 Å². The molecule has 0 unspecified atom stereocenters. The lowest BCUT2D eigenvalue weighted by Crippen LogP contribution is -2.40. The van der Waals surface area contributed by atoms with E-state index in [0.717, 1.165) is 0 Å². The minimum Gasteiger partial charge on any atom is -0.392 e. The minimum absolute atomic E-state index is 0.0133. The van der Waals surface area contributed by atoms with Crippen molar-refractivity contribution in [2.45, 2.75) is 37.8 Å². The fourth-order valence-corrected chi connectivity index (χ4v) is 3.28. The number of benzene rings is 1. The van der Waals surface area contributed by atoms with E-state index in [0.29, 0.717) is 5.56 Å². The second kappa shape index (κ2) is 4.94. The van der Waals surface area contributed by atoms with Gasteiger partial charge in [-0.05, 0) is 38.5 Å². The van der Waals surface area contributed by atoms with Crippen molar-refractivity contribution < 1.29 is 13.5 Å². The molecule has 4 nitrogen and oxygen atoms in total. The summed E-state index contributed by atoms with van der Waals surface area (Å²) in [6, 6.07) is 4.42. The van der Waals surface area contributed by atoms with E-state index in [1.807, 2.05) is 0 Å². The first-order valence-corrected chi connectivity index (χ1v) is 6.95. The van der Waals surface area contributed by atoms with Gasteiger partial charge in [0.05, 0.1) is 11.6 Å². The van der Waals surface area contributed by atoms with Gasteiger partial charge in [0, 0.05) is 5.54 Å². The Morgan fingerprint density at radius 2 is 1.94 bits per heavy atom. The SMILES string of the molecule is CC(C)(C)NS(=O)(=O)c1cc(CO)ccc1Cl. The lowest BCUT2D eigenvalue weighted by molar-refractivity contribution is 0.281. The van der Waals surface area contributed by atoms with Crippen LogP contribution in [0.5, 0.6) is 0 Å². The van der Waals surface area contributed by atoms with E-state index < -0.39 is 15.6 Å². The first-order chi connectivity index (χ1) is 7.65. The highest BCUT2D eigenvalue weighted by Crippen LogP contribution is 2.23. The van der Waals surface area contributed by atoms with E-state index >= 15 is 0 Å². The molecule has 0 aliphatic rings. The Hall–Kier alpha value is -0.620. The van der Waals surface area contributed by atoms with Crippen LogP contribution in [0.4, 0.5) is 0 Å². The van der Waals surface area contributed by atoms with Gasteiger partial charge in [0.1, 0.15) is 4.90 Å². The molecule has 6 heteroatoms. The highest BCUT2D eigenvalue weighted by atomic mass is 35.5. The van der Waals surface area contributed by atoms with Gasteiger partial charge in [-0.3, -0.25) is 0 Å². The van der Waals surface area contributed by atoms with Crippen molar-refractivity contribution in [2.24, 2.45) is 0 Å². The van der Waals surface area contributed by atoms with Crippen LogP contribution in [0.15, 0.2) is 23.1 Å². The van der Waals surface area contributed by atoms with Crippen LogP contribution in [-0.2, 0) is 16.6 Å². The summed E-state index contributed by atoms with van der Waals surface area (Å²) in [6.45, 7) is 5.01. The summed E-state index contributed by atoms with van der Waals surface area (Å²) < 4.78 is 26.6. The molecule has 0 saturated carbocycles. The number of rotatable bonds is 3. The van der Waals surface area contributed by atoms with Crippen LogP contribution >= 0.6 is 11.6 Å². The van der Waals surface area contributed by atoms with Crippen molar-refractivity contribution in [3.05, 3.63) is 28.8 Å². The highest BCUT2D eigenvalue weighted by molar-refractivity contribution is 7.89. The predicted molar refractivity (Wildman–Crippen MR) is 67.4 cm³/mol. The molecule has 1 aromatic rings. The van der Waals surface area contributed by atoms with Crippen molar-refractivity contribution in [3.63, 3.8) is 0 Å². The van der Waals surface area contributed by atoms with Crippen molar-refractivity contribution >= 4 is 21.6 Å².